The molecule has 1 aliphatic heterocycles. The number of aromatic nitrogens is 3. The van der Waals surface area contributed by atoms with Crippen molar-refractivity contribution in [3.8, 4) is 10.6 Å². The number of carbonyl (C=O) groups excluding carboxylic acids is 1. The fourth-order valence-corrected chi connectivity index (χ4v) is 4.57. The Morgan fingerprint density at radius 3 is 2.82 bits per heavy atom. The Morgan fingerprint density at radius 1 is 1.30 bits per heavy atom. The lowest BCUT2D eigenvalue weighted by atomic mass is 10.0. The van der Waals surface area contributed by atoms with Crippen molar-refractivity contribution in [3.63, 3.8) is 0 Å². The van der Waals surface area contributed by atoms with Crippen molar-refractivity contribution in [3.05, 3.63) is 52.5 Å². The van der Waals surface area contributed by atoms with Crippen LogP contribution in [0.2, 0.25) is 0 Å². The molecular formula is C21H22F3N5O3S. The summed E-state index contributed by atoms with van der Waals surface area (Å²) in [5.74, 6) is -4.14. The minimum atomic E-state index is -1.36. The van der Waals surface area contributed by atoms with Crippen LogP contribution >= 0.6 is 11.3 Å². The van der Waals surface area contributed by atoms with Gasteiger partial charge in [0, 0.05) is 25.6 Å². The zero-order chi connectivity index (χ0) is 23.7. The second kappa shape index (κ2) is 9.59. The molecule has 0 saturated carbocycles. The first-order chi connectivity index (χ1) is 15.8. The predicted molar refractivity (Wildman–Crippen MR) is 115 cm³/mol. The summed E-state index contributed by atoms with van der Waals surface area (Å²) in [5.41, 5.74) is 6.51. The molecule has 0 aliphatic carbocycles. The third kappa shape index (κ3) is 4.64. The van der Waals surface area contributed by atoms with Crippen molar-refractivity contribution in [1.29, 1.82) is 0 Å². The van der Waals surface area contributed by atoms with Crippen LogP contribution in [0.1, 0.15) is 35.1 Å². The Bertz CT molecular complexity index is 1170. The molecule has 3 N–H and O–H groups in total. The van der Waals surface area contributed by atoms with Gasteiger partial charge in [0.15, 0.2) is 11.6 Å². The highest BCUT2D eigenvalue weighted by atomic mass is 32.1. The first-order valence-electron chi connectivity index (χ1n) is 10.1. The molecule has 176 valence electrons. The van der Waals surface area contributed by atoms with Crippen molar-refractivity contribution in [1.82, 2.24) is 14.8 Å². The van der Waals surface area contributed by atoms with Gasteiger partial charge in [-0.3, -0.25) is 9.48 Å². The van der Waals surface area contributed by atoms with E-state index in [2.05, 4.69) is 15.4 Å². The van der Waals surface area contributed by atoms with Crippen molar-refractivity contribution in [2.24, 2.45) is 12.8 Å². The van der Waals surface area contributed by atoms with E-state index in [0.717, 1.165) is 17.4 Å². The molecule has 0 spiro atoms. The quantitative estimate of drug-likeness (QED) is 0.542. The number of methoxy groups -OCH3 is 1. The van der Waals surface area contributed by atoms with Crippen LogP contribution < -0.4 is 11.1 Å². The molecule has 1 fully saturated rings. The van der Waals surface area contributed by atoms with Crippen LogP contribution in [-0.2, 0) is 16.5 Å². The first-order valence-corrected chi connectivity index (χ1v) is 11.0. The highest BCUT2D eigenvalue weighted by molar-refractivity contribution is 7.13. The number of hydrogen-bond acceptors (Lipinski definition) is 7. The largest absolute Gasteiger partial charge is 0.377 e. The Hall–Kier alpha value is -2.80. The van der Waals surface area contributed by atoms with E-state index >= 15 is 0 Å². The van der Waals surface area contributed by atoms with Crippen molar-refractivity contribution in [2.75, 3.05) is 19.0 Å². The topological polar surface area (TPSA) is 104 Å². The molecule has 3 atom stereocenters. The molecule has 0 bridgehead atoms. The normalized spacial score (nSPS) is 21.1. The number of thiazole rings is 1. The minimum absolute atomic E-state index is 0.0730. The molecule has 12 heteroatoms. The van der Waals surface area contributed by atoms with Gasteiger partial charge in [-0.15, -0.1) is 11.3 Å². The van der Waals surface area contributed by atoms with E-state index < -0.39 is 28.9 Å². The highest BCUT2D eigenvalue weighted by Gasteiger charge is 2.30. The van der Waals surface area contributed by atoms with E-state index in [-0.39, 0.29) is 29.0 Å². The van der Waals surface area contributed by atoms with Gasteiger partial charge < -0.3 is 20.5 Å². The fourth-order valence-electron chi connectivity index (χ4n) is 3.73. The van der Waals surface area contributed by atoms with Gasteiger partial charge in [-0.2, -0.15) is 5.10 Å². The molecular weight excluding hydrogens is 459 g/mol. The number of anilines is 1. The van der Waals surface area contributed by atoms with Gasteiger partial charge in [0.2, 0.25) is 0 Å². The number of aryl methyl sites for hydroxylation is 1. The Balaban J connectivity index is 1.55. The number of rotatable bonds is 5. The summed E-state index contributed by atoms with van der Waals surface area (Å²) in [6.07, 6.45) is 2.12. The Kier molecular flexibility index (Phi) is 6.79. The number of nitrogens with one attached hydrogen (secondary N) is 1. The predicted octanol–water partition coefficient (Wildman–Crippen LogP) is 3.41. The molecule has 3 heterocycles. The summed E-state index contributed by atoms with van der Waals surface area (Å²) < 4.78 is 54.6. The van der Waals surface area contributed by atoms with Crippen LogP contribution in [0.3, 0.4) is 0 Å². The van der Waals surface area contributed by atoms with Gasteiger partial charge in [-0.25, -0.2) is 18.2 Å². The maximum atomic E-state index is 14.1. The van der Waals surface area contributed by atoms with Gasteiger partial charge in [0.25, 0.3) is 5.91 Å². The number of nitrogens with zero attached hydrogens (tertiary/aromatic N) is 3. The summed E-state index contributed by atoms with van der Waals surface area (Å²) in [6.45, 7) is 0.293. The molecule has 0 unspecified atom stereocenters. The molecule has 4 rings (SSSR count). The van der Waals surface area contributed by atoms with Crippen LogP contribution in [0.15, 0.2) is 23.7 Å². The van der Waals surface area contributed by atoms with Gasteiger partial charge in [0.1, 0.15) is 22.6 Å². The summed E-state index contributed by atoms with van der Waals surface area (Å²) in [7, 11) is 3.30. The number of halogens is 3. The van der Waals surface area contributed by atoms with Crippen LogP contribution in [-0.4, -0.2) is 46.5 Å². The standard InChI is InChI=1S/C21H22F3N5O3S/c1-29-19(15-6-5-12(25)16(31-2)8-32-15)13(7-26-29)27-20(30)14-9-33-21(28-14)17-10(22)3-4-11(23)18(17)24/h3-4,7,9,12,15-16H,5-6,8,25H2,1-2H3,(H,27,30)/t12-,15+,16+/m1/s1. The molecule has 8 nitrogen and oxygen atoms in total. The number of benzene rings is 1. The van der Waals surface area contributed by atoms with E-state index in [1.54, 1.807) is 18.8 Å². The van der Waals surface area contributed by atoms with Crippen LogP contribution in [0.5, 0.6) is 0 Å². The van der Waals surface area contributed by atoms with E-state index in [4.69, 9.17) is 15.2 Å². The Morgan fingerprint density at radius 2 is 2.06 bits per heavy atom. The average molecular weight is 482 g/mol. The molecule has 33 heavy (non-hydrogen) atoms. The van der Waals surface area contributed by atoms with E-state index in [0.29, 0.717) is 36.9 Å². The zero-order valence-corrected chi connectivity index (χ0v) is 18.7. The minimum Gasteiger partial charge on any atom is -0.377 e. The first kappa shape index (κ1) is 23.4. The number of hydrogen-bond donors (Lipinski definition) is 2. The van der Waals surface area contributed by atoms with Gasteiger partial charge >= 0.3 is 0 Å². The maximum Gasteiger partial charge on any atom is 0.275 e. The van der Waals surface area contributed by atoms with Crippen LogP contribution in [0.4, 0.5) is 18.9 Å². The molecule has 0 radical (unpaired) electrons. The molecule has 1 aromatic carbocycles. The van der Waals surface area contributed by atoms with E-state index in [9.17, 15) is 18.0 Å². The van der Waals surface area contributed by atoms with Crippen molar-refractivity contribution in [2.45, 2.75) is 31.1 Å². The number of amides is 1. The number of carbonyl (C=O) groups is 1. The van der Waals surface area contributed by atoms with Crippen LogP contribution in [0.25, 0.3) is 10.6 Å². The van der Waals surface area contributed by atoms with Crippen LogP contribution in [0, 0.1) is 17.5 Å². The van der Waals surface area contributed by atoms with E-state index in [1.807, 2.05) is 0 Å². The number of nitrogens with two attached hydrogens (primary N) is 1. The summed E-state index contributed by atoms with van der Waals surface area (Å²) >= 11 is 0.830. The Labute approximate surface area is 191 Å². The third-order valence-electron chi connectivity index (χ3n) is 5.54. The van der Waals surface area contributed by atoms with Gasteiger partial charge in [-0.1, -0.05) is 0 Å². The lowest BCUT2D eigenvalue weighted by Crippen LogP contribution is -2.37. The maximum absolute atomic E-state index is 14.1. The molecule has 1 saturated heterocycles. The fraction of sp³-hybridized carbons (Fsp3) is 0.381. The summed E-state index contributed by atoms with van der Waals surface area (Å²) in [5, 5.41) is 8.14. The van der Waals surface area contributed by atoms with Crippen molar-refractivity contribution < 1.29 is 27.4 Å². The summed E-state index contributed by atoms with van der Waals surface area (Å²) in [4.78, 5) is 16.8. The average Bonchev–Trinajstić information content (AvgIpc) is 3.36. The molecule has 3 aromatic rings. The molecule has 2 aromatic heterocycles. The van der Waals surface area contributed by atoms with E-state index in [1.165, 1.54) is 11.6 Å². The van der Waals surface area contributed by atoms with Crippen molar-refractivity contribution >= 4 is 22.9 Å². The second-order valence-electron chi connectivity index (χ2n) is 7.61. The lowest BCUT2D eigenvalue weighted by molar-refractivity contribution is -0.0211. The molecule has 1 amide bonds. The third-order valence-corrected chi connectivity index (χ3v) is 6.40. The van der Waals surface area contributed by atoms with Gasteiger partial charge in [0.05, 0.1) is 35.9 Å². The second-order valence-corrected chi connectivity index (χ2v) is 8.47. The lowest BCUT2D eigenvalue weighted by Gasteiger charge is -2.19. The highest BCUT2D eigenvalue weighted by Crippen LogP contribution is 2.33. The van der Waals surface area contributed by atoms with Gasteiger partial charge in [-0.05, 0) is 25.0 Å². The zero-order valence-electron chi connectivity index (χ0n) is 17.8. The number of ether oxygens (including phenoxy) is 2. The monoisotopic (exact) mass is 481 g/mol. The summed E-state index contributed by atoms with van der Waals surface area (Å²) in [6, 6.07) is 1.32. The smallest absolute Gasteiger partial charge is 0.275 e. The molecule has 1 aliphatic rings. The SMILES string of the molecule is CO[C@H]1CO[C@H](c2c(NC(=O)c3csc(-c4c(F)ccc(F)c4F)n3)cnn2C)CC[C@H]1N.